The van der Waals surface area contributed by atoms with Gasteiger partial charge in [0.2, 0.25) is 0 Å². The molecular formula is C14H19N3O7. The Morgan fingerprint density at radius 1 is 1.46 bits per heavy atom. The molecule has 2 heterocycles. The molecule has 0 amide bonds. The van der Waals surface area contributed by atoms with Gasteiger partial charge in [0, 0.05) is 32.0 Å². The Balaban J connectivity index is 2.22. The highest BCUT2D eigenvalue weighted by molar-refractivity contribution is 5.66. The lowest BCUT2D eigenvalue weighted by Gasteiger charge is -2.17. The molecule has 132 valence electrons. The van der Waals surface area contributed by atoms with Crippen LogP contribution in [0.2, 0.25) is 0 Å². The second kappa shape index (κ2) is 7.41. The Morgan fingerprint density at radius 2 is 2.17 bits per heavy atom. The molecule has 24 heavy (non-hydrogen) atoms. The summed E-state index contributed by atoms with van der Waals surface area (Å²) in [6.07, 6.45) is -0.405. The molecule has 0 saturated carbocycles. The average molecular weight is 341 g/mol. The normalized spacial score (nSPS) is 22.9. The minimum Gasteiger partial charge on any atom is -0.463 e. The van der Waals surface area contributed by atoms with Gasteiger partial charge in [0.25, 0.3) is 0 Å². The molecule has 3 atom stereocenters. The highest BCUT2D eigenvalue weighted by Gasteiger charge is 2.39. The fraction of sp³-hybridized carbons (Fsp3) is 0.571. The molecule has 1 aliphatic heterocycles. The molecule has 0 unspecified atom stereocenters. The van der Waals surface area contributed by atoms with Crippen LogP contribution in [0, 0.1) is 6.92 Å². The van der Waals surface area contributed by atoms with Crippen molar-refractivity contribution >= 4 is 17.8 Å². The van der Waals surface area contributed by atoms with Crippen molar-refractivity contribution in [1.82, 2.24) is 9.55 Å². The van der Waals surface area contributed by atoms with Crippen molar-refractivity contribution in [1.29, 1.82) is 0 Å². The van der Waals surface area contributed by atoms with Crippen LogP contribution in [0.4, 0.5) is 5.82 Å². The quantitative estimate of drug-likeness (QED) is 0.567. The van der Waals surface area contributed by atoms with E-state index >= 15 is 0 Å². The first kappa shape index (κ1) is 17.9. The van der Waals surface area contributed by atoms with Crippen LogP contribution in [0.3, 0.4) is 0 Å². The number of hydrogen-bond donors (Lipinski definition) is 2. The number of aryl methyl sites for hydroxylation is 1. The maximum absolute atomic E-state index is 12.1. The Morgan fingerprint density at radius 3 is 2.75 bits per heavy atom. The summed E-state index contributed by atoms with van der Waals surface area (Å²) in [6.45, 7) is 4.07. The smallest absolute Gasteiger partial charge is 0.351 e. The van der Waals surface area contributed by atoms with Crippen LogP contribution in [0.5, 0.6) is 0 Å². The number of ether oxygens (including phenoxy) is 3. The van der Waals surface area contributed by atoms with Crippen molar-refractivity contribution in [3.05, 3.63) is 22.2 Å². The maximum Gasteiger partial charge on any atom is 0.351 e. The zero-order valence-electron chi connectivity index (χ0n) is 13.5. The number of hydrogen-bond acceptors (Lipinski definition) is 9. The van der Waals surface area contributed by atoms with Gasteiger partial charge in [-0.05, 0) is 6.92 Å². The van der Waals surface area contributed by atoms with E-state index in [9.17, 15) is 14.4 Å². The van der Waals surface area contributed by atoms with E-state index < -0.39 is 36.1 Å². The Labute approximate surface area is 137 Å². The first-order valence-corrected chi connectivity index (χ1v) is 7.27. The fourth-order valence-corrected chi connectivity index (χ4v) is 2.44. The highest BCUT2D eigenvalue weighted by Crippen LogP contribution is 2.30. The summed E-state index contributed by atoms with van der Waals surface area (Å²) in [7, 11) is 0. The monoisotopic (exact) mass is 341 g/mol. The Bertz CT molecular complexity index is 687. The van der Waals surface area contributed by atoms with E-state index in [-0.39, 0.29) is 18.8 Å². The molecule has 1 aromatic rings. The third kappa shape index (κ3) is 4.09. The number of esters is 2. The fourth-order valence-electron chi connectivity index (χ4n) is 2.44. The number of carbonyl (C=O) groups excluding carboxylic acids is 2. The summed E-state index contributed by atoms with van der Waals surface area (Å²) in [5, 5.41) is 8.91. The van der Waals surface area contributed by atoms with Crippen molar-refractivity contribution < 1.29 is 29.0 Å². The molecule has 0 aromatic carbocycles. The molecule has 10 heteroatoms. The van der Waals surface area contributed by atoms with E-state index in [0.29, 0.717) is 5.56 Å². The molecule has 0 radical (unpaired) electrons. The number of carbonyl (C=O) groups is 2. The Hall–Kier alpha value is -2.46. The van der Waals surface area contributed by atoms with Crippen LogP contribution < -0.4 is 11.2 Å². The van der Waals surface area contributed by atoms with Crippen LogP contribution in [0.1, 0.15) is 32.1 Å². The van der Waals surface area contributed by atoms with Gasteiger partial charge in [-0.1, -0.05) is 0 Å². The van der Waals surface area contributed by atoms with E-state index in [1.807, 2.05) is 5.48 Å². The number of rotatable bonds is 5. The standard InChI is InChI=1S/C14H19N3O7/c1-7-5-17(14(20)15-13(7)16-21)12-4-10(23-9(3)19)11(24-12)6-22-8(2)18/h5,10-12,21H,4,6H2,1-3H3,(H,15,16,20)/t10-,11+,12+/m0/s1. The summed E-state index contributed by atoms with van der Waals surface area (Å²) < 4.78 is 17.0. The average Bonchev–Trinajstić information content (AvgIpc) is 2.88. The second-order valence-electron chi connectivity index (χ2n) is 5.39. The van der Waals surface area contributed by atoms with Crippen molar-refractivity contribution in [3.8, 4) is 0 Å². The molecule has 0 bridgehead atoms. The minimum atomic E-state index is -0.735. The summed E-state index contributed by atoms with van der Waals surface area (Å²) in [5.41, 5.74) is 1.72. The van der Waals surface area contributed by atoms with Gasteiger partial charge < -0.3 is 14.2 Å². The molecule has 1 aromatic heterocycles. The molecule has 0 aliphatic carbocycles. The second-order valence-corrected chi connectivity index (χ2v) is 5.39. The van der Waals surface area contributed by atoms with Gasteiger partial charge in [-0.25, -0.2) is 4.79 Å². The van der Waals surface area contributed by atoms with Gasteiger partial charge in [-0.15, -0.1) is 0 Å². The summed E-state index contributed by atoms with van der Waals surface area (Å²) in [6, 6.07) is 0. The molecular weight excluding hydrogens is 322 g/mol. The van der Waals surface area contributed by atoms with Crippen LogP contribution in [0.15, 0.2) is 11.0 Å². The molecule has 1 aliphatic rings. The molecule has 1 fully saturated rings. The largest absolute Gasteiger partial charge is 0.463 e. The van der Waals surface area contributed by atoms with Gasteiger partial charge in [-0.2, -0.15) is 4.98 Å². The minimum absolute atomic E-state index is 0.0437. The van der Waals surface area contributed by atoms with Gasteiger partial charge >= 0.3 is 17.6 Å². The summed E-state index contributed by atoms with van der Waals surface area (Å²) >= 11 is 0. The van der Waals surface area contributed by atoms with Crippen molar-refractivity contribution in [2.75, 3.05) is 12.1 Å². The van der Waals surface area contributed by atoms with E-state index in [2.05, 4.69) is 4.98 Å². The van der Waals surface area contributed by atoms with Gasteiger partial charge in [-0.3, -0.25) is 24.8 Å². The highest BCUT2D eigenvalue weighted by atomic mass is 16.6. The van der Waals surface area contributed by atoms with Crippen LogP contribution in [0.25, 0.3) is 0 Å². The summed E-state index contributed by atoms with van der Waals surface area (Å²) in [4.78, 5) is 38.0. The Kier molecular flexibility index (Phi) is 5.52. The molecule has 1 saturated heterocycles. The lowest BCUT2D eigenvalue weighted by molar-refractivity contribution is -0.155. The summed E-state index contributed by atoms with van der Waals surface area (Å²) in [5.74, 6) is -0.947. The predicted molar refractivity (Wildman–Crippen MR) is 79.4 cm³/mol. The van der Waals surface area contributed by atoms with Gasteiger partial charge in [0.05, 0.1) is 0 Å². The first-order chi connectivity index (χ1) is 11.3. The van der Waals surface area contributed by atoms with E-state index in [1.54, 1.807) is 6.92 Å². The zero-order valence-corrected chi connectivity index (χ0v) is 13.5. The number of nitrogens with zero attached hydrogens (tertiary/aromatic N) is 2. The van der Waals surface area contributed by atoms with Crippen molar-refractivity contribution in [2.45, 2.75) is 45.6 Å². The van der Waals surface area contributed by atoms with Crippen molar-refractivity contribution in [3.63, 3.8) is 0 Å². The topological polar surface area (TPSA) is 129 Å². The van der Waals surface area contributed by atoms with E-state index in [0.717, 1.165) is 0 Å². The SMILES string of the molecule is CC(=O)OC[C@H]1O[C@@H](n2cc(C)c(NO)nc2=O)C[C@@H]1OC(C)=O. The van der Waals surface area contributed by atoms with Crippen LogP contribution >= 0.6 is 0 Å². The van der Waals surface area contributed by atoms with Gasteiger partial charge in [0.15, 0.2) is 5.82 Å². The van der Waals surface area contributed by atoms with E-state index in [4.69, 9.17) is 19.4 Å². The number of nitrogens with one attached hydrogen (secondary N) is 1. The van der Waals surface area contributed by atoms with Crippen LogP contribution in [-0.4, -0.2) is 45.5 Å². The lowest BCUT2D eigenvalue weighted by atomic mass is 10.2. The molecule has 2 rings (SSSR count). The lowest BCUT2D eigenvalue weighted by Crippen LogP contribution is -2.31. The molecule has 0 spiro atoms. The maximum atomic E-state index is 12.1. The van der Waals surface area contributed by atoms with E-state index in [1.165, 1.54) is 24.6 Å². The number of anilines is 1. The molecule has 10 nitrogen and oxygen atoms in total. The van der Waals surface area contributed by atoms with Gasteiger partial charge in [0.1, 0.15) is 25.0 Å². The predicted octanol–water partition coefficient (Wildman–Crippen LogP) is 0.135. The van der Waals surface area contributed by atoms with Crippen molar-refractivity contribution in [2.24, 2.45) is 0 Å². The zero-order chi connectivity index (χ0) is 17.9. The first-order valence-electron chi connectivity index (χ1n) is 7.27. The number of aromatic nitrogens is 2. The molecule has 2 N–H and O–H groups in total. The van der Waals surface area contributed by atoms with Crippen LogP contribution in [-0.2, 0) is 23.8 Å². The third-order valence-electron chi connectivity index (χ3n) is 3.50. The third-order valence-corrected chi connectivity index (χ3v) is 3.50.